The number of benzene rings is 1. The van der Waals surface area contributed by atoms with E-state index in [4.69, 9.17) is 4.74 Å². The van der Waals surface area contributed by atoms with Crippen LogP contribution in [0.2, 0.25) is 0 Å². The monoisotopic (exact) mass is 210 g/mol. The molecule has 0 unspecified atom stereocenters. The summed E-state index contributed by atoms with van der Waals surface area (Å²) in [4.78, 5) is 0. The highest BCUT2D eigenvalue weighted by molar-refractivity contribution is 5.36. The zero-order valence-electron chi connectivity index (χ0n) is 9.93. The van der Waals surface area contributed by atoms with Gasteiger partial charge in [0.2, 0.25) is 0 Å². The van der Waals surface area contributed by atoms with Crippen molar-refractivity contribution >= 4 is 0 Å². The van der Waals surface area contributed by atoms with Crippen LogP contribution in [0.4, 0.5) is 4.39 Å². The van der Waals surface area contributed by atoms with E-state index in [1.165, 1.54) is 6.07 Å². The third-order valence-corrected chi connectivity index (χ3v) is 2.66. The molecule has 0 saturated carbocycles. The molecule has 0 amide bonds. The van der Waals surface area contributed by atoms with Gasteiger partial charge in [-0.25, -0.2) is 4.39 Å². The Labute approximate surface area is 91.3 Å². The molecule has 0 fully saturated rings. The van der Waals surface area contributed by atoms with Gasteiger partial charge in [0.15, 0.2) is 0 Å². The summed E-state index contributed by atoms with van der Waals surface area (Å²) in [6, 6.07) is 3.39. The molecule has 0 N–H and O–H groups in total. The van der Waals surface area contributed by atoms with Gasteiger partial charge in [-0.3, -0.25) is 0 Å². The Kier molecular flexibility index (Phi) is 4.13. The molecule has 15 heavy (non-hydrogen) atoms. The molecule has 0 radical (unpaired) electrons. The molecule has 0 bridgehead atoms. The number of hydrogen-bond acceptors (Lipinski definition) is 1. The highest BCUT2D eigenvalue weighted by Gasteiger charge is 2.08. The van der Waals surface area contributed by atoms with Crippen LogP contribution in [0.3, 0.4) is 0 Å². The highest BCUT2D eigenvalue weighted by Crippen LogP contribution is 2.22. The Balaban J connectivity index is 2.93. The van der Waals surface area contributed by atoms with E-state index in [2.05, 4.69) is 0 Å². The summed E-state index contributed by atoms with van der Waals surface area (Å²) < 4.78 is 19.2. The van der Waals surface area contributed by atoms with Crippen LogP contribution in [0.15, 0.2) is 12.1 Å². The van der Waals surface area contributed by atoms with Gasteiger partial charge in [-0.05, 0) is 43.9 Å². The van der Waals surface area contributed by atoms with Gasteiger partial charge in [0.05, 0.1) is 6.10 Å². The van der Waals surface area contributed by atoms with Gasteiger partial charge in [-0.2, -0.15) is 0 Å². The van der Waals surface area contributed by atoms with E-state index in [0.717, 1.165) is 24.0 Å². The van der Waals surface area contributed by atoms with Crippen molar-refractivity contribution < 1.29 is 9.13 Å². The molecule has 2 heteroatoms. The molecule has 0 aliphatic rings. The molecule has 1 rings (SSSR count). The van der Waals surface area contributed by atoms with Crippen LogP contribution in [0.25, 0.3) is 0 Å². The summed E-state index contributed by atoms with van der Waals surface area (Å²) >= 11 is 0. The normalized spacial score (nSPS) is 12.6. The predicted molar refractivity (Wildman–Crippen MR) is 60.9 cm³/mol. The second-order valence-corrected chi connectivity index (χ2v) is 3.89. The number of aryl methyl sites for hydroxylation is 1. The number of hydrogen-bond donors (Lipinski definition) is 0. The molecule has 0 aliphatic carbocycles. The minimum absolute atomic E-state index is 0.135. The lowest BCUT2D eigenvalue weighted by molar-refractivity contribution is 0.216. The van der Waals surface area contributed by atoms with Crippen LogP contribution >= 0.6 is 0 Å². The third-order valence-electron chi connectivity index (χ3n) is 2.66. The van der Waals surface area contributed by atoms with Gasteiger partial charge in [0.1, 0.15) is 11.6 Å². The summed E-state index contributed by atoms with van der Waals surface area (Å²) in [6.45, 7) is 7.92. The molecular weight excluding hydrogens is 191 g/mol. The zero-order valence-corrected chi connectivity index (χ0v) is 9.93. The maximum atomic E-state index is 13.6. The number of ether oxygens (including phenoxy) is 1. The summed E-state index contributed by atoms with van der Waals surface area (Å²) in [5, 5.41) is 0. The first-order valence-corrected chi connectivity index (χ1v) is 5.54. The quantitative estimate of drug-likeness (QED) is 0.733. The molecule has 0 heterocycles. The lowest BCUT2D eigenvalue weighted by Crippen LogP contribution is -2.10. The van der Waals surface area contributed by atoms with Crippen molar-refractivity contribution in [3.05, 3.63) is 29.1 Å². The minimum Gasteiger partial charge on any atom is -0.491 e. The van der Waals surface area contributed by atoms with Crippen LogP contribution in [-0.4, -0.2) is 6.10 Å². The van der Waals surface area contributed by atoms with E-state index in [9.17, 15) is 4.39 Å². The average molecular weight is 210 g/mol. The molecule has 0 spiro atoms. The Morgan fingerprint density at radius 2 is 2.00 bits per heavy atom. The van der Waals surface area contributed by atoms with E-state index in [1.54, 1.807) is 0 Å². The SMILES string of the molecule is CCc1c(C)cc(O[C@H](C)CC)cc1F. The van der Waals surface area contributed by atoms with E-state index in [-0.39, 0.29) is 11.9 Å². The van der Waals surface area contributed by atoms with E-state index < -0.39 is 0 Å². The fraction of sp³-hybridized carbons (Fsp3) is 0.538. The van der Waals surface area contributed by atoms with Crippen molar-refractivity contribution in [1.29, 1.82) is 0 Å². The molecule has 1 aromatic carbocycles. The molecule has 0 saturated heterocycles. The first-order valence-electron chi connectivity index (χ1n) is 5.54. The number of halogens is 1. The third kappa shape index (κ3) is 2.95. The molecule has 1 aromatic rings. The van der Waals surface area contributed by atoms with Crippen molar-refractivity contribution in [3.8, 4) is 5.75 Å². The number of rotatable bonds is 4. The molecule has 0 aromatic heterocycles. The van der Waals surface area contributed by atoms with Crippen LogP contribution in [0, 0.1) is 12.7 Å². The summed E-state index contributed by atoms with van der Waals surface area (Å²) in [7, 11) is 0. The highest BCUT2D eigenvalue weighted by atomic mass is 19.1. The van der Waals surface area contributed by atoms with Crippen molar-refractivity contribution in [2.24, 2.45) is 0 Å². The van der Waals surface area contributed by atoms with Crippen LogP contribution < -0.4 is 4.74 Å². The fourth-order valence-electron chi connectivity index (χ4n) is 1.57. The van der Waals surface area contributed by atoms with Gasteiger partial charge in [-0.1, -0.05) is 13.8 Å². The van der Waals surface area contributed by atoms with Gasteiger partial charge in [0, 0.05) is 6.07 Å². The van der Waals surface area contributed by atoms with Crippen molar-refractivity contribution in [2.75, 3.05) is 0 Å². The molecule has 1 nitrogen and oxygen atoms in total. The van der Waals surface area contributed by atoms with Crippen LogP contribution in [0.1, 0.15) is 38.3 Å². The van der Waals surface area contributed by atoms with Crippen molar-refractivity contribution in [2.45, 2.75) is 46.6 Å². The summed E-state index contributed by atoms with van der Waals surface area (Å²) in [6.07, 6.45) is 1.79. The zero-order chi connectivity index (χ0) is 11.4. The largest absolute Gasteiger partial charge is 0.491 e. The molecule has 84 valence electrons. The summed E-state index contributed by atoms with van der Waals surface area (Å²) in [5.74, 6) is 0.479. The molecular formula is C13H19FO. The van der Waals surface area contributed by atoms with Gasteiger partial charge >= 0.3 is 0 Å². The Bertz CT molecular complexity index is 310. The van der Waals surface area contributed by atoms with E-state index in [0.29, 0.717) is 5.75 Å². The van der Waals surface area contributed by atoms with Crippen molar-refractivity contribution in [1.82, 2.24) is 0 Å². The van der Waals surface area contributed by atoms with Crippen LogP contribution in [-0.2, 0) is 6.42 Å². The lowest BCUT2D eigenvalue weighted by Gasteiger charge is -2.14. The maximum Gasteiger partial charge on any atom is 0.130 e. The minimum atomic E-state index is -0.157. The fourth-order valence-corrected chi connectivity index (χ4v) is 1.57. The Morgan fingerprint density at radius 3 is 2.47 bits per heavy atom. The van der Waals surface area contributed by atoms with Gasteiger partial charge < -0.3 is 4.74 Å². The maximum absolute atomic E-state index is 13.6. The standard InChI is InChI=1S/C13H19FO/c1-5-10(4)15-11-7-9(3)12(6-2)13(14)8-11/h7-8,10H,5-6H2,1-4H3/t10-/m1/s1. The molecule has 0 aliphatic heterocycles. The lowest BCUT2D eigenvalue weighted by atomic mass is 10.1. The first kappa shape index (κ1) is 12.0. The van der Waals surface area contributed by atoms with Gasteiger partial charge in [0.25, 0.3) is 0 Å². The topological polar surface area (TPSA) is 9.23 Å². The predicted octanol–water partition coefficient (Wildman–Crippen LogP) is 3.87. The van der Waals surface area contributed by atoms with Crippen LogP contribution in [0.5, 0.6) is 5.75 Å². The van der Waals surface area contributed by atoms with E-state index >= 15 is 0 Å². The Morgan fingerprint density at radius 1 is 1.33 bits per heavy atom. The van der Waals surface area contributed by atoms with Gasteiger partial charge in [-0.15, -0.1) is 0 Å². The van der Waals surface area contributed by atoms with E-state index in [1.807, 2.05) is 33.8 Å². The van der Waals surface area contributed by atoms with Crippen molar-refractivity contribution in [3.63, 3.8) is 0 Å². The molecule has 1 atom stereocenters. The first-order chi connectivity index (χ1) is 7.08. The summed E-state index contributed by atoms with van der Waals surface area (Å²) in [5.41, 5.74) is 1.75. The second-order valence-electron chi connectivity index (χ2n) is 3.89. The average Bonchev–Trinajstić information content (AvgIpc) is 2.17. The smallest absolute Gasteiger partial charge is 0.130 e. The second kappa shape index (κ2) is 5.15. The Hall–Kier alpha value is -1.05.